The molecule has 11 rings (SSSR count). The van der Waals surface area contributed by atoms with E-state index in [-0.39, 0.29) is 15.1 Å². The number of esters is 1. The van der Waals surface area contributed by atoms with Gasteiger partial charge in [-0.25, -0.2) is 53.3 Å². The van der Waals surface area contributed by atoms with Gasteiger partial charge in [-0.1, -0.05) is 180 Å². The van der Waals surface area contributed by atoms with Crippen LogP contribution in [0.4, 0.5) is 0 Å². The summed E-state index contributed by atoms with van der Waals surface area (Å²) in [5.74, 6) is 3.79. The largest absolute Gasteiger partial charge is 0.465 e. The molecule has 89 heavy (non-hydrogen) atoms. The maximum Gasteiger partial charge on any atom is 0.306 e. The van der Waals surface area contributed by atoms with E-state index in [1.54, 1.807) is 59.4 Å². The summed E-state index contributed by atoms with van der Waals surface area (Å²) in [5, 5.41) is 1.19. The van der Waals surface area contributed by atoms with Crippen LogP contribution in [0.1, 0.15) is 74.6 Å². The molecule has 0 saturated carbocycles. The van der Waals surface area contributed by atoms with Gasteiger partial charge in [0.25, 0.3) is 0 Å². The SMILES string of the molecule is Brc1cnc(-c2ccccc2)nc1.CCCCC(CC)COC(=O)CCSc1cnc(-c2ccccc2)nc1.CCc1ccc(Sc2cnc(-c3ccccc3)nc2)s1.CCc1ncc(Br)s1.NCc1ccc(S(=O)(=O)c2cnc(-c3ccccc3)nc2)s1. The first kappa shape index (κ1) is 69.7. The topological polar surface area (TPSA) is 202 Å². The predicted molar refractivity (Wildman–Crippen MR) is 372 cm³/mol. The first-order chi connectivity index (χ1) is 43.4. The molecular weight excluding hydrogens is 1360 g/mol. The fourth-order valence-corrected chi connectivity index (χ4v) is 14.6. The number of rotatable bonds is 21. The first-order valence-corrected chi connectivity index (χ1v) is 36.0. The number of hydrogen-bond acceptors (Lipinski definition) is 19. The van der Waals surface area contributed by atoms with Gasteiger partial charge in [0.05, 0.1) is 49.1 Å². The summed E-state index contributed by atoms with van der Waals surface area (Å²) < 4.78 is 34.0. The third-order valence-electron chi connectivity index (χ3n) is 12.7. The zero-order chi connectivity index (χ0) is 63.1. The summed E-state index contributed by atoms with van der Waals surface area (Å²) in [7, 11) is -3.59. The van der Waals surface area contributed by atoms with Crippen molar-refractivity contribution in [1.29, 1.82) is 0 Å². The molecule has 0 aliphatic rings. The fourth-order valence-electron chi connectivity index (χ4n) is 7.80. The van der Waals surface area contributed by atoms with E-state index in [4.69, 9.17) is 10.5 Å². The van der Waals surface area contributed by atoms with E-state index in [1.807, 2.05) is 164 Å². The zero-order valence-electron chi connectivity index (χ0n) is 49.6. The van der Waals surface area contributed by atoms with E-state index in [0.717, 1.165) is 82.5 Å². The molecule has 0 bridgehead atoms. The highest BCUT2D eigenvalue weighted by Gasteiger charge is 2.21. The molecule has 2 N–H and O–H groups in total. The lowest BCUT2D eigenvalue weighted by Gasteiger charge is -2.14. The van der Waals surface area contributed by atoms with Gasteiger partial charge in [0.1, 0.15) is 9.10 Å². The van der Waals surface area contributed by atoms with E-state index in [9.17, 15) is 13.2 Å². The van der Waals surface area contributed by atoms with Crippen LogP contribution in [-0.2, 0) is 38.8 Å². The second-order valence-corrected chi connectivity index (χ2v) is 29.6. The van der Waals surface area contributed by atoms with Crippen LogP contribution in [0, 0.1) is 5.92 Å². The van der Waals surface area contributed by atoms with Crippen molar-refractivity contribution < 1.29 is 17.9 Å². The molecule has 0 spiro atoms. The molecule has 0 aliphatic heterocycles. The lowest BCUT2D eigenvalue weighted by Crippen LogP contribution is -2.14. The monoisotopic (exact) mass is 1430 g/mol. The molecule has 7 heterocycles. The molecular formula is C67H68Br2N10O4S6. The van der Waals surface area contributed by atoms with Crippen molar-refractivity contribution in [2.75, 3.05) is 12.4 Å². The highest BCUT2D eigenvalue weighted by atomic mass is 79.9. The number of unbranched alkanes of at least 4 members (excludes halogenated alkanes) is 1. The number of thiazole rings is 1. The van der Waals surface area contributed by atoms with Gasteiger partial charge in [-0.15, -0.1) is 45.8 Å². The predicted octanol–water partition coefficient (Wildman–Crippen LogP) is 18.2. The Hall–Kier alpha value is -6.73. The molecule has 0 saturated heterocycles. The number of aryl methyl sites for hydroxylation is 2. The number of nitrogens with zero attached hydrogens (tertiary/aromatic N) is 9. The number of carbonyl (C=O) groups is 1. The van der Waals surface area contributed by atoms with Crippen molar-refractivity contribution in [3.63, 3.8) is 0 Å². The zero-order valence-corrected chi connectivity index (χ0v) is 57.7. The smallest absolute Gasteiger partial charge is 0.306 e. The molecule has 11 aromatic rings. The normalized spacial score (nSPS) is 11.0. The van der Waals surface area contributed by atoms with Gasteiger partial charge in [-0.3, -0.25) is 4.79 Å². The summed E-state index contributed by atoms with van der Waals surface area (Å²) in [6.45, 7) is 9.50. The number of nitrogens with two attached hydrogens (primary N) is 1. The molecule has 0 radical (unpaired) electrons. The van der Waals surface area contributed by atoms with Crippen molar-refractivity contribution >= 4 is 105 Å². The van der Waals surface area contributed by atoms with Gasteiger partial charge >= 0.3 is 5.97 Å². The van der Waals surface area contributed by atoms with Crippen LogP contribution in [0.3, 0.4) is 0 Å². The number of benzene rings is 4. The Balaban J connectivity index is 0.000000165. The quantitative estimate of drug-likeness (QED) is 0.0525. The number of aromatic nitrogens is 9. The molecule has 1 atom stereocenters. The number of thioether (sulfide) groups is 1. The number of carbonyl (C=O) groups excluding carboxylic acids is 1. The summed E-state index contributed by atoms with van der Waals surface area (Å²) in [6.07, 6.45) is 22.5. The number of hydrogen-bond donors (Lipinski definition) is 1. The minimum atomic E-state index is -3.59. The van der Waals surface area contributed by atoms with Crippen LogP contribution in [0.2, 0.25) is 0 Å². The Labute approximate surface area is 559 Å². The maximum absolute atomic E-state index is 12.5. The fraction of sp³-hybridized carbons (Fsp3) is 0.224. The number of ether oxygens (including phenoxy) is 1. The molecule has 0 aliphatic carbocycles. The highest BCUT2D eigenvalue weighted by Crippen LogP contribution is 2.34. The standard InChI is InChI=1S/C21H28N2O2S.C16H14N2S2.C15H13N3O2S2.C10H7BrN2.C5H6BrNS/c1-3-5-9-17(4-2)16-25-20(24)12-13-26-19-14-22-21(23-15-19)18-10-7-6-8-11-18;1-2-13-8-9-15(19-13)20-14-10-17-16(18-11-14)12-6-4-3-5-7-12;16-8-12-6-7-14(21-12)22(19,20)13-9-17-15(18-10-13)11-4-2-1-3-5-11;11-9-6-12-10(13-7-9)8-4-2-1-3-5-8;1-2-5-7-3-4(6)8-5/h6-8,10-11,14-15,17H,3-5,9,12-13,16H2,1-2H3;3-11H,2H2,1H3;1-7,9-10H,8,16H2;1-7H;3H,2H2,1H3. The van der Waals surface area contributed by atoms with Gasteiger partial charge < -0.3 is 10.5 Å². The third-order valence-corrected chi connectivity index (χ3v) is 21.3. The van der Waals surface area contributed by atoms with Crippen LogP contribution in [-0.4, -0.2) is 71.6 Å². The lowest BCUT2D eigenvalue weighted by molar-refractivity contribution is -0.144. The Morgan fingerprint density at radius 3 is 1.45 bits per heavy atom. The second kappa shape index (κ2) is 38.1. The Morgan fingerprint density at radius 1 is 0.551 bits per heavy atom. The Bertz CT molecular complexity index is 3890. The average molecular weight is 1430 g/mol. The van der Waals surface area contributed by atoms with Gasteiger partial charge in [-0.05, 0) is 81.3 Å². The second-order valence-electron chi connectivity index (χ2n) is 19.1. The van der Waals surface area contributed by atoms with Crippen LogP contribution >= 0.6 is 89.4 Å². The van der Waals surface area contributed by atoms with Crippen molar-refractivity contribution in [3.05, 3.63) is 224 Å². The molecule has 0 amide bonds. The lowest BCUT2D eigenvalue weighted by atomic mass is 10.0. The van der Waals surface area contributed by atoms with Gasteiger partial charge in [0.15, 0.2) is 23.3 Å². The van der Waals surface area contributed by atoms with Gasteiger partial charge in [0.2, 0.25) is 9.84 Å². The molecule has 0 fully saturated rings. The summed E-state index contributed by atoms with van der Waals surface area (Å²) >= 11 is 14.6. The Kier molecular flexibility index (Phi) is 29.8. The van der Waals surface area contributed by atoms with Crippen LogP contribution in [0.25, 0.3) is 45.6 Å². The number of thiophene rings is 2. The van der Waals surface area contributed by atoms with E-state index in [2.05, 4.69) is 117 Å². The molecule has 4 aromatic carbocycles. The molecule has 460 valence electrons. The van der Waals surface area contributed by atoms with Crippen molar-refractivity contribution in [2.24, 2.45) is 11.7 Å². The molecule has 14 nitrogen and oxygen atoms in total. The summed E-state index contributed by atoms with van der Waals surface area (Å²) in [6, 6.07) is 46.9. The van der Waals surface area contributed by atoms with Crippen LogP contribution in [0.5, 0.6) is 0 Å². The first-order valence-electron chi connectivity index (χ1n) is 28.7. The molecule has 7 aromatic heterocycles. The maximum atomic E-state index is 12.5. The Morgan fingerprint density at radius 2 is 1.03 bits per heavy atom. The van der Waals surface area contributed by atoms with E-state index in [1.165, 1.54) is 50.7 Å². The van der Waals surface area contributed by atoms with E-state index < -0.39 is 9.84 Å². The van der Waals surface area contributed by atoms with Crippen molar-refractivity contribution in [3.8, 4) is 45.6 Å². The van der Waals surface area contributed by atoms with Gasteiger partial charge in [0, 0.05) is 91.3 Å². The van der Waals surface area contributed by atoms with E-state index in [0.29, 0.717) is 42.9 Å². The minimum absolute atomic E-state index is 0.0811. The van der Waals surface area contributed by atoms with Crippen molar-refractivity contribution in [1.82, 2.24) is 44.9 Å². The minimum Gasteiger partial charge on any atom is -0.465 e. The number of sulfone groups is 1. The average Bonchev–Trinajstić information content (AvgIpc) is 2.74. The van der Waals surface area contributed by atoms with Crippen LogP contribution in [0.15, 0.2) is 233 Å². The van der Waals surface area contributed by atoms with Gasteiger partial charge in [-0.2, -0.15) is 0 Å². The van der Waals surface area contributed by atoms with Crippen molar-refractivity contribution in [2.45, 2.75) is 102 Å². The summed E-state index contributed by atoms with van der Waals surface area (Å²) in [5.41, 5.74) is 9.45. The molecule has 22 heteroatoms. The number of halogens is 2. The summed E-state index contributed by atoms with van der Waals surface area (Å²) in [4.78, 5) is 54.7. The molecule has 1 unspecified atom stereocenters. The highest BCUT2D eigenvalue weighted by molar-refractivity contribution is 9.11. The van der Waals surface area contributed by atoms with E-state index >= 15 is 0 Å². The third kappa shape index (κ3) is 23.5. The van der Waals surface area contributed by atoms with Crippen LogP contribution < -0.4 is 5.73 Å².